The minimum absolute atomic E-state index is 0.0352. The van der Waals surface area contributed by atoms with Gasteiger partial charge < -0.3 is 19.1 Å². The van der Waals surface area contributed by atoms with Gasteiger partial charge in [0.15, 0.2) is 0 Å². The number of halogens is 3. The van der Waals surface area contributed by atoms with E-state index in [4.69, 9.17) is 14.2 Å². The molecule has 0 aliphatic carbocycles. The molecule has 0 unspecified atom stereocenters. The summed E-state index contributed by atoms with van der Waals surface area (Å²) in [5.41, 5.74) is -2.68. The zero-order valence-corrected chi connectivity index (χ0v) is 18.9. The first kappa shape index (κ1) is 25.5. The van der Waals surface area contributed by atoms with Gasteiger partial charge in [-0.2, -0.15) is 13.2 Å². The van der Waals surface area contributed by atoms with Gasteiger partial charge in [0.05, 0.1) is 30.3 Å². The summed E-state index contributed by atoms with van der Waals surface area (Å²) in [5, 5.41) is 0. The summed E-state index contributed by atoms with van der Waals surface area (Å²) in [6, 6.07) is 3.29. The number of nitrogens with zero attached hydrogens (tertiary/aromatic N) is 1. The highest BCUT2D eigenvalue weighted by Crippen LogP contribution is 2.41. The van der Waals surface area contributed by atoms with Gasteiger partial charge in [0.25, 0.3) is 0 Å². The van der Waals surface area contributed by atoms with Crippen molar-refractivity contribution < 1.29 is 41.8 Å². The predicted octanol–water partition coefficient (Wildman–Crippen LogP) is 4.39. The Morgan fingerprint density at radius 1 is 1.09 bits per heavy atom. The lowest BCUT2D eigenvalue weighted by Crippen LogP contribution is -2.36. The third-order valence-electron chi connectivity index (χ3n) is 4.82. The van der Waals surface area contributed by atoms with Gasteiger partial charge in [-0.1, -0.05) is 12.1 Å². The molecule has 0 radical (unpaired) electrons. The molecular formula is C22H28F3NO6. The Hall–Kier alpha value is -2.78. The highest BCUT2D eigenvalue weighted by atomic mass is 19.4. The van der Waals surface area contributed by atoms with E-state index < -0.39 is 58.9 Å². The molecular weight excluding hydrogens is 431 g/mol. The first-order valence-corrected chi connectivity index (χ1v) is 10.1. The summed E-state index contributed by atoms with van der Waals surface area (Å²) < 4.78 is 56.5. The summed E-state index contributed by atoms with van der Waals surface area (Å²) in [5.74, 6) is -3.77. The molecule has 10 heteroatoms. The second-order valence-electron chi connectivity index (χ2n) is 8.84. The van der Waals surface area contributed by atoms with E-state index >= 15 is 0 Å². The number of hydrogen-bond acceptors (Lipinski definition) is 6. The summed E-state index contributed by atoms with van der Waals surface area (Å²) in [7, 11) is 1.15. The molecule has 1 saturated heterocycles. The van der Waals surface area contributed by atoms with Crippen molar-refractivity contribution in [2.45, 2.75) is 58.4 Å². The largest absolute Gasteiger partial charge is 0.469 e. The van der Waals surface area contributed by atoms with E-state index in [1.54, 1.807) is 20.8 Å². The first-order chi connectivity index (χ1) is 14.7. The molecule has 0 spiro atoms. The number of methoxy groups -OCH3 is 1. The molecule has 1 aliphatic rings. The van der Waals surface area contributed by atoms with E-state index in [0.29, 0.717) is 0 Å². The fraction of sp³-hybridized carbons (Fsp3) is 0.591. The minimum Gasteiger partial charge on any atom is -0.469 e. The van der Waals surface area contributed by atoms with Crippen LogP contribution in [0.2, 0.25) is 0 Å². The average molecular weight is 459 g/mol. The van der Waals surface area contributed by atoms with E-state index in [0.717, 1.165) is 19.2 Å². The SMILES string of the molecule is COC(=O)[C@H]1CN(C(=O)OC(C)(C)C)C[C@H]1c1cccc(C(F)(F)F)c1C(=O)OC(C)C. The number of rotatable bonds is 4. The number of alkyl halides is 3. The van der Waals surface area contributed by atoms with Crippen LogP contribution in [0.3, 0.4) is 0 Å². The molecule has 2 atom stereocenters. The lowest BCUT2D eigenvalue weighted by Gasteiger charge is -2.25. The highest BCUT2D eigenvalue weighted by molar-refractivity contribution is 5.94. The number of likely N-dealkylation sites (tertiary alicyclic amines) is 1. The van der Waals surface area contributed by atoms with E-state index in [2.05, 4.69) is 0 Å². The predicted molar refractivity (Wildman–Crippen MR) is 108 cm³/mol. The Balaban J connectivity index is 2.58. The Labute approximate surface area is 184 Å². The van der Waals surface area contributed by atoms with Crippen molar-refractivity contribution >= 4 is 18.0 Å². The highest BCUT2D eigenvalue weighted by Gasteiger charge is 2.46. The van der Waals surface area contributed by atoms with Crippen LogP contribution in [0, 0.1) is 5.92 Å². The van der Waals surface area contributed by atoms with Crippen LogP contribution >= 0.6 is 0 Å². The van der Waals surface area contributed by atoms with Gasteiger partial charge in [0, 0.05) is 19.0 Å². The van der Waals surface area contributed by atoms with E-state index in [9.17, 15) is 27.6 Å². The Morgan fingerprint density at radius 3 is 2.22 bits per heavy atom. The Bertz CT molecular complexity index is 875. The monoisotopic (exact) mass is 459 g/mol. The van der Waals surface area contributed by atoms with Crippen molar-refractivity contribution in [2.24, 2.45) is 5.92 Å². The number of benzene rings is 1. The molecule has 0 N–H and O–H groups in total. The van der Waals surface area contributed by atoms with Crippen LogP contribution in [0.25, 0.3) is 0 Å². The minimum atomic E-state index is -4.83. The van der Waals surface area contributed by atoms with Crippen LogP contribution in [0.15, 0.2) is 18.2 Å². The second-order valence-corrected chi connectivity index (χ2v) is 8.84. The number of amides is 1. The molecule has 1 heterocycles. The van der Waals surface area contributed by atoms with Crippen LogP contribution in [-0.2, 0) is 25.2 Å². The van der Waals surface area contributed by atoms with Gasteiger partial charge in [-0.25, -0.2) is 9.59 Å². The zero-order valence-electron chi connectivity index (χ0n) is 18.9. The second kappa shape index (κ2) is 9.38. The number of hydrogen-bond donors (Lipinski definition) is 0. The maximum absolute atomic E-state index is 13.7. The normalized spacial score (nSPS) is 19.1. The molecule has 32 heavy (non-hydrogen) atoms. The maximum Gasteiger partial charge on any atom is 0.417 e. The number of ether oxygens (including phenoxy) is 3. The molecule has 0 saturated carbocycles. The van der Waals surface area contributed by atoms with Crippen molar-refractivity contribution in [3.05, 3.63) is 34.9 Å². The molecule has 0 aromatic heterocycles. The van der Waals surface area contributed by atoms with Gasteiger partial charge in [0.2, 0.25) is 0 Å². The molecule has 178 valence electrons. The van der Waals surface area contributed by atoms with Crippen molar-refractivity contribution in [3.63, 3.8) is 0 Å². The topological polar surface area (TPSA) is 82.1 Å². The van der Waals surface area contributed by atoms with Crippen molar-refractivity contribution in [1.82, 2.24) is 4.90 Å². The molecule has 0 bridgehead atoms. The van der Waals surface area contributed by atoms with Crippen molar-refractivity contribution in [2.75, 3.05) is 20.2 Å². The third kappa shape index (κ3) is 5.92. The lowest BCUT2D eigenvalue weighted by molar-refractivity contribution is -0.145. The van der Waals surface area contributed by atoms with Crippen LogP contribution in [0.1, 0.15) is 62.0 Å². The van der Waals surface area contributed by atoms with Crippen LogP contribution < -0.4 is 0 Å². The molecule has 1 aliphatic heterocycles. The fourth-order valence-corrected chi connectivity index (χ4v) is 3.60. The molecule has 1 aromatic rings. The fourth-order valence-electron chi connectivity index (χ4n) is 3.60. The van der Waals surface area contributed by atoms with Gasteiger partial charge in [0.1, 0.15) is 5.60 Å². The molecule has 2 rings (SSSR count). The molecule has 1 amide bonds. The van der Waals surface area contributed by atoms with E-state index in [-0.39, 0.29) is 18.7 Å². The number of esters is 2. The zero-order chi connectivity index (χ0) is 24.4. The Kier molecular flexibility index (Phi) is 7.47. The van der Waals surface area contributed by atoms with Crippen LogP contribution in [0.4, 0.5) is 18.0 Å². The molecule has 7 nitrogen and oxygen atoms in total. The smallest absolute Gasteiger partial charge is 0.417 e. The van der Waals surface area contributed by atoms with E-state index in [1.165, 1.54) is 24.8 Å². The van der Waals surface area contributed by atoms with Crippen molar-refractivity contribution in [1.29, 1.82) is 0 Å². The maximum atomic E-state index is 13.7. The van der Waals surface area contributed by atoms with Gasteiger partial charge >= 0.3 is 24.2 Å². The van der Waals surface area contributed by atoms with Gasteiger partial charge in [-0.05, 0) is 46.2 Å². The summed E-state index contributed by atoms with van der Waals surface area (Å²) in [4.78, 5) is 39.0. The average Bonchev–Trinajstić information content (AvgIpc) is 3.09. The van der Waals surface area contributed by atoms with Gasteiger partial charge in [-0.3, -0.25) is 4.79 Å². The van der Waals surface area contributed by atoms with Crippen molar-refractivity contribution in [3.8, 4) is 0 Å². The summed E-state index contributed by atoms with van der Waals surface area (Å²) in [6.45, 7) is 7.80. The first-order valence-electron chi connectivity index (χ1n) is 10.1. The van der Waals surface area contributed by atoms with Crippen LogP contribution in [-0.4, -0.2) is 54.8 Å². The lowest BCUT2D eigenvalue weighted by atomic mass is 9.84. The molecule has 1 aromatic carbocycles. The van der Waals surface area contributed by atoms with Crippen LogP contribution in [0.5, 0.6) is 0 Å². The Morgan fingerprint density at radius 2 is 1.72 bits per heavy atom. The number of carbonyl (C=O) groups excluding carboxylic acids is 3. The van der Waals surface area contributed by atoms with E-state index in [1.807, 2.05) is 0 Å². The quantitative estimate of drug-likeness (QED) is 0.491. The summed E-state index contributed by atoms with van der Waals surface area (Å²) in [6.07, 6.45) is -6.20. The van der Waals surface area contributed by atoms with Gasteiger partial charge in [-0.15, -0.1) is 0 Å². The summed E-state index contributed by atoms with van der Waals surface area (Å²) >= 11 is 0. The molecule has 1 fully saturated rings. The standard InChI is InChI=1S/C22H28F3NO6/c1-12(2)31-19(28)17-13(8-7-9-16(17)22(23,24)25)14-10-26(11-15(14)18(27)30-6)20(29)32-21(3,4)5/h7-9,12,14-15H,10-11H2,1-6H3/t14-,15-/m0/s1. The third-order valence-corrected chi connectivity index (χ3v) is 4.82. The number of carbonyl (C=O) groups is 3.